The third-order valence-electron chi connectivity index (χ3n) is 5.32. The molecule has 3 heterocycles. The van der Waals surface area contributed by atoms with Gasteiger partial charge >= 0.3 is 0 Å². The van der Waals surface area contributed by atoms with E-state index in [-0.39, 0.29) is 5.91 Å². The predicted molar refractivity (Wildman–Crippen MR) is 120 cm³/mol. The number of anilines is 1. The summed E-state index contributed by atoms with van der Waals surface area (Å²) in [5.41, 5.74) is 2.46. The van der Waals surface area contributed by atoms with Crippen molar-refractivity contribution in [2.24, 2.45) is 0 Å². The fourth-order valence-electron chi connectivity index (χ4n) is 3.65. The quantitative estimate of drug-likeness (QED) is 0.599. The lowest BCUT2D eigenvalue weighted by molar-refractivity contribution is 0.0746. The number of rotatable bonds is 4. The first kappa shape index (κ1) is 21.2. The third-order valence-corrected chi connectivity index (χ3v) is 6.08. The van der Waals surface area contributed by atoms with Crippen molar-refractivity contribution in [1.29, 1.82) is 5.26 Å². The van der Waals surface area contributed by atoms with Crippen LogP contribution in [0.3, 0.4) is 0 Å². The molecule has 1 aliphatic rings. The normalized spacial score (nSPS) is 13.9. The maximum Gasteiger partial charge on any atom is 0.259 e. The second-order valence-electron chi connectivity index (χ2n) is 7.29. The van der Waals surface area contributed by atoms with Crippen molar-refractivity contribution >= 4 is 34.9 Å². The van der Waals surface area contributed by atoms with Crippen LogP contribution in [0.15, 0.2) is 42.6 Å². The summed E-state index contributed by atoms with van der Waals surface area (Å²) in [7, 11) is 0. The van der Waals surface area contributed by atoms with Crippen molar-refractivity contribution in [3.63, 3.8) is 0 Å². The van der Waals surface area contributed by atoms with Crippen molar-refractivity contribution < 1.29 is 4.79 Å². The molecule has 158 valence electrons. The molecule has 0 spiro atoms. The molecule has 0 radical (unpaired) electrons. The minimum Gasteiger partial charge on any atom is -0.353 e. The number of benzene rings is 1. The first-order valence-electron chi connectivity index (χ1n) is 9.84. The molecule has 1 aliphatic heterocycles. The van der Waals surface area contributed by atoms with E-state index in [4.69, 9.17) is 28.5 Å². The molecule has 3 aromatic rings. The average molecular weight is 455 g/mol. The van der Waals surface area contributed by atoms with E-state index < -0.39 is 0 Å². The van der Waals surface area contributed by atoms with E-state index in [1.807, 2.05) is 24.3 Å². The molecule has 4 rings (SSSR count). The second-order valence-corrected chi connectivity index (χ2v) is 8.06. The van der Waals surface area contributed by atoms with Crippen LogP contribution in [0.4, 0.5) is 5.82 Å². The molecule has 0 saturated carbocycles. The van der Waals surface area contributed by atoms with Gasteiger partial charge in [0, 0.05) is 37.4 Å². The van der Waals surface area contributed by atoms with Gasteiger partial charge < -0.3 is 9.80 Å². The number of pyridine rings is 1. The van der Waals surface area contributed by atoms with Gasteiger partial charge in [-0.15, -0.1) is 0 Å². The number of nitrogens with zero attached hydrogens (tertiary/aromatic N) is 6. The molecule has 9 heteroatoms. The topological polar surface area (TPSA) is 78.0 Å². The molecular weight excluding hydrogens is 435 g/mol. The number of halogens is 2. The monoisotopic (exact) mass is 454 g/mol. The van der Waals surface area contributed by atoms with Gasteiger partial charge in [0.25, 0.3) is 5.91 Å². The molecule has 0 N–H and O–H groups in total. The molecular formula is C22H20Cl2N6O. The highest BCUT2D eigenvalue weighted by molar-refractivity contribution is 6.33. The van der Waals surface area contributed by atoms with Crippen molar-refractivity contribution in [1.82, 2.24) is 19.7 Å². The summed E-state index contributed by atoms with van der Waals surface area (Å²) in [5.74, 6) is 0.610. The molecule has 1 saturated heterocycles. The van der Waals surface area contributed by atoms with E-state index in [0.717, 1.165) is 11.4 Å². The molecule has 0 bridgehead atoms. The van der Waals surface area contributed by atoms with Crippen molar-refractivity contribution in [3.8, 4) is 6.07 Å². The molecule has 1 amide bonds. The SMILES string of the molecule is Cc1nn(Cc2ccccc2Cl)c(Cl)c1C(=O)N1CCN(c2cc(C#N)ccn2)CC1. The van der Waals surface area contributed by atoms with Gasteiger partial charge in [-0.2, -0.15) is 10.4 Å². The first-order valence-corrected chi connectivity index (χ1v) is 10.6. The number of hydrogen-bond acceptors (Lipinski definition) is 5. The van der Waals surface area contributed by atoms with Crippen LogP contribution in [0, 0.1) is 18.3 Å². The van der Waals surface area contributed by atoms with Gasteiger partial charge in [-0.05, 0) is 30.7 Å². The summed E-state index contributed by atoms with van der Waals surface area (Å²) in [6.45, 7) is 4.48. The highest BCUT2D eigenvalue weighted by Crippen LogP contribution is 2.25. The number of nitriles is 1. The summed E-state index contributed by atoms with van der Waals surface area (Å²) in [4.78, 5) is 21.4. The van der Waals surface area contributed by atoms with Crippen molar-refractivity contribution in [3.05, 3.63) is 75.2 Å². The molecule has 2 aromatic heterocycles. The van der Waals surface area contributed by atoms with E-state index >= 15 is 0 Å². The lowest BCUT2D eigenvalue weighted by Crippen LogP contribution is -2.49. The van der Waals surface area contributed by atoms with E-state index in [1.54, 1.807) is 34.8 Å². The van der Waals surface area contributed by atoms with Gasteiger partial charge in [-0.1, -0.05) is 41.4 Å². The van der Waals surface area contributed by atoms with Gasteiger partial charge in [0.1, 0.15) is 11.0 Å². The fourth-order valence-corrected chi connectivity index (χ4v) is 4.16. The number of hydrogen-bond donors (Lipinski definition) is 0. The maximum absolute atomic E-state index is 13.2. The largest absolute Gasteiger partial charge is 0.353 e. The van der Waals surface area contributed by atoms with Crippen LogP contribution in [-0.2, 0) is 6.54 Å². The number of carbonyl (C=O) groups is 1. The Kier molecular flexibility index (Phi) is 6.12. The third kappa shape index (κ3) is 4.36. The Bertz CT molecular complexity index is 1160. The van der Waals surface area contributed by atoms with E-state index in [1.165, 1.54) is 0 Å². The molecule has 0 aliphatic carbocycles. The maximum atomic E-state index is 13.2. The number of carbonyl (C=O) groups excluding carboxylic acids is 1. The highest BCUT2D eigenvalue weighted by atomic mass is 35.5. The Hall–Kier alpha value is -3.08. The van der Waals surface area contributed by atoms with Crippen LogP contribution in [0.5, 0.6) is 0 Å². The Labute approximate surface area is 190 Å². The standard InChI is InChI=1S/C22H20Cl2N6O/c1-15-20(21(24)30(27-15)14-17-4-2-3-5-18(17)23)22(31)29-10-8-28(9-11-29)19-12-16(13-25)6-7-26-19/h2-7,12H,8-11,14H2,1H3. The zero-order chi connectivity index (χ0) is 22.0. The van der Waals surface area contributed by atoms with Gasteiger partial charge in [-0.25, -0.2) is 9.67 Å². The number of aryl methyl sites for hydroxylation is 1. The van der Waals surface area contributed by atoms with Crippen molar-refractivity contribution in [2.75, 3.05) is 31.1 Å². The minimum atomic E-state index is -0.133. The lowest BCUT2D eigenvalue weighted by atomic mass is 10.2. The molecule has 7 nitrogen and oxygen atoms in total. The number of amides is 1. The predicted octanol–water partition coefficient (Wildman–Crippen LogP) is 3.78. The highest BCUT2D eigenvalue weighted by Gasteiger charge is 2.28. The van der Waals surface area contributed by atoms with Gasteiger partial charge in [-0.3, -0.25) is 4.79 Å². The van der Waals surface area contributed by atoms with Crippen molar-refractivity contribution in [2.45, 2.75) is 13.5 Å². The van der Waals surface area contributed by atoms with Gasteiger partial charge in [0.2, 0.25) is 0 Å². The summed E-state index contributed by atoms with van der Waals surface area (Å²) < 4.78 is 1.61. The zero-order valence-electron chi connectivity index (χ0n) is 16.9. The zero-order valence-corrected chi connectivity index (χ0v) is 18.4. The number of aromatic nitrogens is 3. The summed E-state index contributed by atoms with van der Waals surface area (Å²) in [5, 5.41) is 14.5. The smallest absolute Gasteiger partial charge is 0.259 e. The Morgan fingerprint density at radius 1 is 1.16 bits per heavy atom. The van der Waals surface area contributed by atoms with Gasteiger partial charge in [0.05, 0.1) is 29.4 Å². The van der Waals surface area contributed by atoms with Crippen LogP contribution in [0.2, 0.25) is 10.2 Å². The van der Waals surface area contributed by atoms with E-state index in [0.29, 0.717) is 59.7 Å². The first-order chi connectivity index (χ1) is 15.0. The molecule has 1 aromatic carbocycles. The van der Waals surface area contributed by atoms with E-state index in [2.05, 4.69) is 21.1 Å². The second kappa shape index (κ2) is 8.96. The van der Waals surface area contributed by atoms with Crippen LogP contribution in [-0.4, -0.2) is 51.8 Å². The Morgan fingerprint density at radius 3 is 2.61 bits per heavy atom. The number of piperazine rings is 1. The van der Waals surface area contributed by atoms with Crippen LogP contribution >= 0.6 is 23.2 Å². The van der Waals surface area contributed by atoms with Crippen LogP contribution < -0.4 is 4.90 Å². The van der Waals surface area contributed by atoms with E-state index in [9.17, 15) is 4.79 Å². The average Bonchev–Trinajstić information content (AvgIpc) is 3.07. The van der Waals surface area contributed by atoms with Gasteiger partial charge in [0.15, 0.2) is 0 Å². The Morgan fingerprint density at radius 2 is 1.90 bits per heavy atom. The lowest BCUT2D eigenvalue weighted by Gasteiger charge is -2.35. The summed E-state index contributed by atoms with van der Waals surface area (Å²) in [6, 6.07) is 13.0. The summed E-state index contributed by atoms with van der Waals surface area (Å²) >= 11 is 12.8. The Balaban J connectivity index is 1.47. The molecule has 1 fully saturated rings. The summed E-state index contributed by atoms with van der Waals surface area (Å²) in [6.07, 6.45) is 1.63. The molecule has 31 heavy (non-hydrogen) atoms. The molecule has 0 atom stereocenters. The van der Waals surface area contributed by atoms with Crippen LogP contribution in [0.25, 0.3) is 0 Å². The molecule has 0 unspecified atom stereocenters. The minimum absolute atomic E-state index is 0.133. The fraction of sp³-hybridized carbons (Fsp3) is 0.273. The van der Waals surface area contributed by atoms with Crippen LogP contribution in [0.1, 0.15) is 27.2 Å².